The minimum absolute atomic E-state index is 0. The van der Waals surface area contributed by atoms with Gasteiger partial charge in [-0.05, 0) is 72.0 Å². The molecule has 0 unspecified atom stereocenters. The topological polar surface area (TPSA) is 59.0 Å². The van der Waals surface area contributed by atoms with Crippen LogP contribution >= 0.6 is 24.0 Å². The Morgan fingerprint density at radius 2 is 1.85 bits per heavy atom. The summed E-state index contributed by atoms with van der Waals surface area (Å²) in [7, 11) is 0. The van der Waals surface area contributed by atoms with Gasteiger partial charge in [0.05, 0.1) is 6.54 Å². The molecular weight excluding hydrogens is 467 g/mol. The summed E-state index contributed by atoms with van der Waals surface area (Å²) in [4.78, 5) is 12.9. The van der Waals surface area contributed by atoms with E-state index in [2.05, 4.69) is 27.9 Å². The average Bonchev–Trinajstić information content (AvgIpc) is 3.18. The highest BCUT2D eigenvalue weighted by Gasteiger charge is 2.15. The van der Waals surface area contributed by atoms with Gasteiger partial charge in [-0.25, -0.2) is 0 Å². The summed E-state index contributed by atoms with van der Waals surface area (Å²) in [6.45, 7) is 4.41. The summed E-state index contributed by atoms with van der Waals surface area (Å²) in [6, 6.07) is 23.9. The van der Waals surface area contributed by atoms with Crippen LogP contribution in [0.1, 0.15) is 32.7 Å². The molecule has 2 N–H and O–H groups in total. The van der Waals surface area contributed by atoms with Crippen molar-refractivity contribution in [3.8, 4) is 11.1 Å². The molecule has 5 nitrogen and oxygen atoms in total. The number of nitrogens with one attached hydrogen (secondary N) is 2. The molecule has 0 spiro atoms. The smallest absolute Gasteiger partial charge is 0.256 e. The Labute approximate surface area is 210 Å². The third-order valence-electron chi connectivity index (χ3n) is 6.07. The summed E-state index contributed by atoms with van der Waals surface area (Å²) in [5, 5.41) is 11.7. The summed E-state index contributed by atoms with van der Waals surface area (Å²) < 4.78 is 1.92. The quantitative estimate of drug-likeness (QED) is 0.365. The van der Waals surface area contributed by atoms with Crippen LogP contribution in [0.2, 0.25) is 5.02 Å². The second-order valence-corrected chi connectivity index (χ2v) is 8.79. The number of aryl methyl sites for hydroxylation is 1. The van der Waals surface area contributed by atoms with Crippen LogP contribution in [0.15, 0.2) is 72.8 Å². The minimum Gasteiger partial charge on any atom is -0.312 e. The van der Waals surface area contributed by atoms with Gasteiger partial charge in [-0.2, -0.15) is 5.10 Å². The lowest BCUT2D eigenvalue weighted by Gasteiger charge is -2.17. The number of fused-ring (bicyclic) bond motifs is 1. The summed E-state index contributed by atoms with van der Waals surface area (Å²) in [5.41, 5.74) is 7.53. The van der Waals surface area contributed by atoms with Gasteiger partial charge in [-0.15, -0.1) is 12.4 Å². The average molecular weight is 493 g/mol. The molecule has 4 aromatic rings. The van der Waals surface area contributed by atoms with E-state index in [-0.39, 0.29) is 18.3 Å². The molecule has 0 bridgehead atoms. The molecule has 0 saturated carbocycles. The minimum atomic E-state index is -0.137. The third-order valence-corrected chi connectivity index (χ3v) is 6.32. The maximum atomic E-state index is 12.9. The Balaban J connectivity index is 0.00000274. The fourth-order valence-electron chi connectivity index (χ4n) is 4.27. The van der Waals surface area contributed by atoms with E-state index in [1.165, 1.54) is 11.1 Å². The summed E-state index contributed by atoms with van der Waals surface area (Å²) in [5.74, 6) is 0.420. The van der Waals surface area contributed by atoms with Crippen molar-refractivity contribution in [2.24, 2.45) is 0 Å². The zero-order chi connectivity index (χ0) is 22.8. The first-order valence-corrected chi connectivity index (χ1v) is 11.5. The second kappa shape index (κ2) is 10.4. The normalized spacial score (nSPS) is 12.5. The highest BCUT2D eigenvalue weighted by Crippen LogP contribution is 2.26. The molecule has 7 heteroatoms. The number of anilines is 1. The molecule has 2 heterocycles. The van der Waals surface area contributed by atoms with Gasteiger partial charge in [0.25, 0.3) is 5.91 Å². The first-order valence-electron chi connectivity index (χ1n) is 11.1. The van der Waals surface area contributed by atoms with E-state index < -0.39 is 0 Å². The molecule has 0 saturated heterocycles. The molecule has 1 aromatic heterocycles. The molecular formula is C27H26Cl2N4O. The number of hydrogen-bond acceptors (Lipinski definition) is 3. The molecule has 0 radical (unpaired) electrons. The van der Waals surface area contributed by atoms with Crippen LogP contribution in [0.25, 0.3) is 11.1 Å². The molecule has 3 aromatic carbocycles. The Morgan fingerprint density at radius 3 is 2.68 bits per heavy atom. The van der Waals surface area contributed by atoms with E-state index in [1.807, 2.05) is 72.3 Å². The SMILES string of the molecule is Cc1cc(NC(=O)c2ccc3c(c2)CCNC3)nn1Cc1ccccc1-c1ccc(Cl)cc1.Cl. The number of aromatic nitrogens is 2. The number of hydrogen-bond donors (Lipinski definition) is 2. The number of carbonyl (C=O) groups excluding carboxylic acids is 1. The van der Waals surface area contributed by atoms with Gasteiger partial charge in [0, 0.05) is 28.9 Å². The summed E-state index contributed by atoms with van der Waals surface area (Å²) in [6.07, 6.45) is 0.942. The van der Waals surface area contributed by atoms with Gasteiger partial charge >= 0.3 is 0 Å². The van der Waals surface area contributed by atoms with Crippen LogP contribution in [0.5, 0.6) is 0 Å². The molecule has 0 atom stereocenters. The van der Waals surface area contributed by atoms with Crippen LogP contribution in [0.3, 0.4) is 0 Å². The highest BCUT2D eigenvalue weighted by atomic mass is 35.5. The highest BCUT2D eigenvalue weighted by molar-refractivity contribution is 6.30. The number of rotatable bonds is 5. The van der Waals surface area contributed by atoms with Crippen molar-refractivity contribution in [3.05, 3.63) is 106 Å². The van der Waals surface area contributed by atoms with Crippen molar-refractivity contribution >= 4 is 35.7 Å². The van der Waals surface area contributed by atoms with Crippen LogP contribution in [0.4, 0.5) is 5.82 Å². The lowest BCUT2D eigenvalue weighted by Crippen LogP contribution is -2.24. The van der Waals surface area contributed by atoms with Gasteiger partial charge in [0.2, 0.25) is 0 Å². The molecule has 0 fully saturated rings. The van der Waals surface area contributed by atoms with Gasteiger partial charge in [-0.3, -0.25) is 9.48 Å². The lowest BCUT2D eigenvalue weighted by molar-refractivity contribution is 0.102. The monoisotopic (exact) mass is 492 g/mol. The number of nitrogens with zero attached hydrogens (tertiary/aromatic N) is 2. The van der Waals surface area contributed by atoms with Gasteiger partial charge < -0.3 is 10.6 Å². The van der Waals surface area contributed by atoms with Gasteiger partial charge in [0.15, 0.2) is 5.82 Å². The number of halogens is 2. The van der Waals surface area contributed by atoms with Crippen molar-refractivity contribution in [1.29, 1.82) is 0 Å². The molecule has 1 aliphatic heterocycles. The standard InChI is InChI=1S/C27H25ClN4O.ClH/c1-18-14-26(30-27(33)21-6-7-22-16-29-13-12-20(22)15-21)31-32(18)17-23-4-2-3-5-25(23)19-8-10-24(28)11-9-19;/h2-11,14-15,29H,12-13,16-17H2,1H3,(H,30,31,33);1H. The largest absolute Gasteiger partial charge is 0.312 e. The van der Waals surface area contributed by atoms with Crippen LogP contribution in [0, 0.1) is 6.92 Å². The second-order valence-electron chi connectivity index (χ2n) is 8.36. The van der Waals surface area contributed by atoms with E-state index in [0.717, 1.165) is 46.9 Å². The molecule has 1 amide bonds. The van der Waals surface area contributed by atoms with Crippen molar-refractivity contribution < 1.29 is 4.79 Å². The molecule has 34 heavy (non-hydrogen) atoms. The van der Waals surface area contributed by atoms with Crippen molar-refractivity contribution in [2.45, 2.75) is 26.4 Å². The van der Waals surface area contributed by atoms with E-state index in [9.17, 15) is 4.79 Å². The van der Waals surface area contributed by atoms with Crippen molar-refractivity contribution in [2.75, 3.05) is 11.9 Å². The Hall–Kier alpha value is -3.12. The zero-order valence-corrected chi connectivity index (χ0v) is 20.4. The van der Waals surface area contributed by atoms with Crippen molar-refractivity contribution in [3.63, 3.8) is 0 Å². The first kappa shape index (κ1) is 24.0. The van der Waals surface area contributed by atoms with Crippen LogP contribution in [-0.2, 0) is 19.5 Å². The van der Waals surface area contributed by atoms with Crippen LogP contribution < -0.4 is 10.6 Å². The Kier molecular flexibility index (Phi) is 7.37. The predicted octanol–water partition coefficient (Wildman–Crippen LogP) is 5.88. The zero-order valence-electron chi connectivity index (χ0n) is 18.8. The molecule has 1 aliphatic rings. The fourth-order valence-corrected chi connectivity index (χ4v) is 4.39. The molecule has 5 rings (SSSR count). The predicted molar refractivity (Wildman–Crippen MR) is 140 cm³/mol. The van der Waals surface area contributed by atoms with Gasteiger partial charge in [0.1, 0.15) is 0 Å². The van der Waals surface area contributed by atoms with E-state index in [1.54, 1.807) is 0 Å². The molecule has 0 aliphatic carbocycles. The first-order chi connectivity index (χ1) is 16.1. The van der Waals surface area contributed by atoms with Crippen molar-refractivity contribution in [1.82, 2.24) is 15.1 Å². The third kappa shape index (κ3) is 5.17. The van der Waals surface area contributed by atoms with E-state index in [0.29, 0.717) is 17.9 Å². The Morgan fingerprint density at radius 1 is 1.06 bits per heavy atom. The van der Waals surface area contributed by atoms with Gasteiger partial charge in [-0.1, -0.05) is 54.1 Å². The van der Waals surface area contributed by atoms with E-state index in [4.69, 9.17) is 11.6 Å². The van der Waals surface area contributed by atoms with E-state index >= 15 is 0 Å². The summed E-state index contributed by atoms with van der Waals surface area (Å²) >= 11 is 6.06. The molecule has 174 valence electrons. The maximum absolute atomic E-state index is 12.9. The Bertz CT molecular complexity index is 1310. The number of carbonyl (C=O) groups is 1. The number of amides is 1. The fraction of sp³-hybridized carbons (Fsp3) is 0.185. The number of benzene rings is 3. The maximum Gasteiger partial charge on any atom is 0.256 e. The lowest BCUT2D eigenvalue weighted by atomic mass is 9.98. The van der Waals surface area contributed by atoms with Crippen LogP contribution in [-0.4, -0.2) is 22.2 Å².